The molecule has 1 aliphatic rings. The first-order valence-corrected chi connectivity index (χ1v) is 10.3. The molecule has 0 bridgehead atoms. The molecule has 0 amide bonds. The summed E-state index contributed by atoms with van der Waals surface area (Å²) in [6.45, 7) is 0.0459. The maximum atomic E-state index is 13.4. The second-order valence-electron chi connectivity index (χ2n) is 6.37. The largest absolute Gasteiger partial charge is 0.481 e. The maximum Gasteiger partial charge on any atom is 0.303 e. The third kappa shape index (κ3) is 3.29. The van der Waals surface area contributed by atoms with Crippen LogP contribution in [0.15, 0.2) is 47.4 Å². The zero-order chi connectivity index (χ0) is 19.9. The van der Waals surface area contributed by atoms with Gasteiger partial charge in [-0.25, -0.2) is 12.4 Å². The molecule has 28 heavy (non-hydrogen) atoms. The van der Waals surface area contributed by atoms with Crippen LogP contribution < -0.4 is 9.47 Å². The van der Waals surface area contributed by atoms with Gasteiger partial charge in [0.25, 0.3) is 10.0 Å². The van der Waals surface area contributed by atoms with E-state index in [9.17, 15) is 13.2 Å². The van der Waals surface area contributed by atoms with Crippen molar-refractivity contribution in [1.29, 1.82) is 0 Å². The number of rotatable bonds is 6. The van der Waals surface area contributed by atoms with Gasteiger partial charge in [-0.3, -0.25) is 4.79 Å². The molecule has 3 aromatic rings. The molecule has 0 saturated carbocycles. The molecule has 2 aromatic carbocycles. The SMILES string of the molecule is O=C(O)CCCc1cc2cc(Cl)ccc2n1S(=O)(=O)c1ccc2c(c1)OCO2. The van der Waals surface area contributed by atoms with E-state index in [1.807, 2.05) is 0 Å². The lowest BCUT2D eigenvalue weighted by molar-refractivity contribution is -0.137. The Bertz CT molecular complexity index is 1180. The van der Waals surface area contributed by atoms with Gasteiger partial charge in [-0.15, -0.1) is 0 Å². The van der Waals surface area contributed by atoms with Gasteiger partial charge in [-0.05, 0) is 49.2 Å². The summed E-state index contributed by atoms with van der Waals surface area (Å²) >= 11 is 6.05. The molecule has 0 fully saturated rings. The van der Waals surface area contributed by atoms with Crippen molar-refractivity contribution in [2.24, 2.45) is 0 Å². The fraction of sp³-hybridized carbons (Fsp3) is 0.211. The highest BCUT2D eigenvalue weighted by molar-refractivity contribution is 7.90. The van der Waals surface area contributed by atoms with Crippen molar-refractivity contribution < 1.29 is 27.8 Å². The first-order valence-electron chi connectivity index (χ1n) is 8.53. The monoisotopic (exact) mass is 421 g/mol. The average molecular weight is 422 g/mol. The molecule has 1 aliphatic heterocycles. The lowest BCUT2D eigenvalue weighted by Gasteiger charge is -2.12. The van der Waals surface area contributed by atoms with Crippen LogP contribution in [-0.4, -0.2) is 30.3 Å². The highest BCUT2D eigenvalue weighted by atomic mass is 35.5. The first kappa shape index (κ1) is 18.6. The molecule has 0 radical (unpaired) electrons. The van der Waals surface area contributed by atoms with E-state index in [1.54, 1.807) is 30.3 Å². The zero-order valence-electron chi connectivity index (χ0n) is 14.6. The van der Waals surface area contributed by atoms with Crippen LogP contribution in [0.3, 0.4) is 0 Å². The molecule has 146 valence electrons. The number of aromatic nitrogens is 1. The number of hydrogen-bond acceptors (Lipinski definition) is 5. The Morgan fingerprint density at radius 3 is 2.68 bits per heavy atom. The fourth-order valence-corrected chi connectivity index (χ4v) is 5.01. The summed E-state index contributed by atoms with van der Waals surface area (Å²) in [4.78, 5) is 10.9. The normalized spacial score (nSPS) is 13.2. The van der Waals surface area contributed by atoms with Gasteiger partial charge in [0.05, 0.1) is 10.4 Å². The van der Waals surface area contributed by atoms with Gasteiger partial charge >= 0.3 is 5.97 Å². The number of ether oxygens (including phenoxy) is 2. The lowest BCUT2D eigenvalue weighted by atomic mass is 10.2. The number of aliphatic carboxylic acids is 1. The molecule has 2 heterocycles. The van der Waals surface area contributed by atoms with Gasteiger partial charge in [0.2, 0.25) is 6.79 Å². The smallest absolute Gasteiger partial charge is 0.303 e. The van der Waals surface area contributed by atoms with Crippen LogP contribution in [0.4, 0.5) is 0 Å². The Labute approximate surface area is 166 Å². The molecule has 0 atom stereocenters. The van der Waals surface area contributed by atoms with Crippen molar-refractivity contribution in [3.05, 3.63) is 53.2 Å². The second kappa shape index (κ2) is 7.03. The van der Waals surface area contributed by atoms with E-state index in [1.165, 1.54) is 16.1 Å². The molecule has 4 rings (SSSR count). The summed E-state index contributed by atoms with van der Waals surface area (Å²) in [7, 11) is -3.95. The molecular formula is C19H16ClNO6S. The summed E-state index contributed by atoms with van der Waals surface area (Å²) in [5.41, 5.74) is 0.976. The molecule has 0 saturated heterocycles. The summed E-state index contributed by atoms with van der Waals surface area (Å²) in [6, 6.07) is 11.1. The Morgan fingerprint density at radius 2 is 1.89 bits per heavy atom. The molecule has 7 nitrogen and oxygen atoms in total. The first-order chi connectivity index (χ1) is 13.4. The van der Waals surface area contributed by atoms with Crippen LogP contribution in [0, 0.1) is 0 Å². The highest BCUT2D eigenvalue weighted by Crippen LogP contribution is 2.36. The predicted molar refractivity (Wildman–Crippen MR) is 103 cm³/mol. The number of carbonyl (C=O) groups is 1. The number of benzene rings is 2. The molecule has 1 N–H and O–H groups in total. The van der Waals surface area contributed by atoms with E-state index < -0.39 is 16.0 Å². The van der Waals surface area contributed by atoms with E-state index in [2.05, 4.69) is 0 Å². The quantitative estimate of drug-likeness (QED) is 0.652. The fourth-order valence-electron chi connectivity index (χ4n) is 3.24. The highest BCUT2D eigenvalue weighted by Gasteiger charge is 2.26. The number of fused-ring (bicyclic) bond motifs is 2. The van der Waals surface area contributed by atoms with Gasteiger partial charge < -0.3 is 14.6 Å². The van der Waals surface area contributed by atoms with Gasteiger partial charge in [0.15, 0.2) is 11.5 Å². The van der Waals surface area contributed by atoms with E-state index in [0.29, 0.717) is 46.0 Å². The minimum absolute atomic E-state index is 0.0459. The topological polar surface area (TPSA) is 94.8 Å². The third-order valence-corrected chi connectivity index (χ3v) is 6.49. The minimum atomic E-state index is -3.95. The van der Waals surface area contributed by atoms with Crippen molar-refractivity contribution in [1.82, 2.24) is 3.97 Å². The summed E-state index contributed by atoms with van der Waals surface area (Å²) in [5.74, 6) is -0.0675. The number of nitrogens with zero attached hydrogens (tertiary/aromatic N) is 1. The predicted octanol–water partition coefficient (Wildman–Crippen LogP) is 3.67. The average Bonchev–Trinajstić information content (AvgIpc) is 3.24. The number of hydrogen-bond donors (Lipinski definition) is 1. The lowest BCUT2D eigenvalue weighted by Crippen LogP contribution is -2.16. The number of halogens is 1. The standard InChI is InChI=1S/C19H16ClNO6S/c20-13-4-6-16-12(8-13)9-14(2-1-3-19(22)23)21(16)28(24,25)15-5-7-17-18(10-15)27-11-26-17/h4-10H,1-3,11H2,(H,22,23). The molecule has 0 aliphatic carbocycles. The van der Waals surface area contributed by atoms with Gasteiger partial charge in [0, 0.05) is 28.6 Å². The van der Waals surface area contributed by atoms with Crippen molar-refractivity contribution >= 4 is 38.5 Å². The zero-order valence-corrected chi connectivity index (χ0v) is 16.2. The van der Waals surface area contributed by atoms with E-state index in [-0.39, 0.29) is 18.1 Å². The molecule has 0 spiro atoms. The number of aryl methyl sites for hydroxylation is 1. The van der Waals surface area contributed by atoms with Crippen LogP contribution >= 0.6 is 11.6 Å². The van der Waals surface area contributed by atoms with Crippen LogP contribution in [0.25, 0.3) is 10.9 Å². The summed E-state index contributed by atoms with van der Waals surface area (Å²) < 4.78 is 38.6. The van der Waals surface area contributed by atoms with Crippen LogP contribution in [0.5, 0.6) is 11.5 Å². The van der Waals surface area contributed by atoms with Crippen molar-refractivity contribution in [2.45, 2.75) is 24.2 Å². The maximum absolute atomic E-state index is 13.4. The van der Waals surface area contributed by atoms with Crippen LogP contribution in [0.1, 0.15) is 18.5 Å². The van der Waals surface area contributed by atoms with Crippen molar-refractivity contribution in [2.75, 3.05) is 6.79 Å². The molecular weight excluding hydrogens is 406 g/mol. The van der Waals surface area contributed by atoms with Gasteiger partial charge in [-0.2, -0.15) is 0 Å². The molecule has 1 aromatic heterocycles. The summed E-state index contributed by atoms with van der Waals surface area (Å²) in [6.07, 6.45) is 0.560. The third-order valence-electron chi connectivity index (χ3n) is 4.50. The Hall–Kier alpha value is -2.71. The Balaban J connectivity index is 1.84. The molecule has 0 unspecified atom stereocenters. The van der Waals surface area contributed by atoms with Gasteiger partial charge in [0.1, 0.15) is 0 Å². The Kier molecular flexibility index (Phi) is 4.68. The van der Waals surface area contributed by atoms with Crippen molar-refractivity contribution in [3.63, 3.8) is 0 Å². The summed E-state index contributed by atoms with van der Waals surface area (Å²) in [5, 5.41) is 10.1. The van der Waals surface area contributed by atoms with Gasteiger partial charge in [-0.1, -0.05) is 11.6 Å². The second-order valence-corrected chi connectivity index (χ2v) is 8.59. The van der Waals surface area contributed by atoms with Crippen LogP contribution in [0.2, 0.25) is 5.02 Å². The van der Waals surface area contributed by atoms with E-state index >= 15 is 0 Å². The number of carboxylic acid groups (broad SMARTS) is 1. The number of carboxylic acids is 1. The van der Waals surface area contributed by atoms with E-state index in [0.717, 1.165) is 0 Å². The van der Waals surface area contributed by atoms with Crippen LogP contribution in [-0.2, 0) is 21.2 Å². The molecule has 9 heteroatoms. The van der Waals surface area contributed by atoms with Crippen molar-refractivity contribution in [3.8, 4) is 11.5 Å². The minimum Gasteiger partial charge on any atom is -0.481 e. The van der Waals surface area contributed by atoms with E-state index in [4.69, 9.17) is 26.2 Å². The Morgan fingerprint density at radius 1 is 1.11 bits per heavy atom.